The fraction of sp³-hybridized carbons (Fsp3) is 0.679. The van der Waals surface area contributed by atoms with Crippen molar-refractivity contribution < 1.29 is 28.2 Å². The SMILES string of the molecule is COCCN1CCC(c2ccc(C(N)=O)c([C@@H](C(=O)N3C[C@H](F)[C@H]4OCC(=O)[C@H]43)C3CCCC3)c2)CC1. The number of primary amides is 1. The molecule has 0 aromatic heterocycles. The maximum atomic E-state index is 14.8. The van der Waals surface area contributed by atoms with Crippen LogP contribution in [0, 0.1) is 5.92 Å². The number of benzene rings is 1. The highest BCUT2D eigenvalue weighted by atomic mass is 19.1. The minimum atomic E-state index is -1.39. The fourth-order valence-corrected chi connectivity index (χ4v) is 6.91. The maximum absolute atomic E-state index is 14.8. The average Bonchev–Trinajstić information content (AvgIpc) is 3.63. The smallest absolute Gasteiger partial charge is 0.249 e. The van der Waals surface area contributed by atoms with Crippen LogP contribution in [0.3, 0.4) is 0 Å². The molecule has 3 aliphatic heterocycles. The lowest BCUT2D eigenvalue weighted by Crippen LogP contribution is -2.45. The largest absolute Gasteiger partial charge is 0.383 e. The molecule has 1 aromatic rings. The molecule has 8 nitrogen and oxygen atoms in total. The predicted octanol–water partition coefficient (Wildman–Crippen LogP) is 2.40. The van der Waals surface area contributed by atoms with Gasteiger partial charge in [0.15, 0.2) is 5.78 Å². The number of carbonyl (C=O) groups excluding carboxylic acids is 3. The number of nitrogens with two attached hydrogens (primary N) is 1. The Morgan fingerprint density at radius 3 is 2.59 bits per heavy atom. The monoisotopic (exact) mass is 515 g/mol. The van der Waals surface area contributed by atoms with Crippen molar-refractivity contribution >= 4 is 17.6 Å². The molecule has 1 saturated carbocycles. The van der Waals surface area contributed by atoms with Gasteiger partial charge in [0.1, 0.15) is 24.9 Å². The second kappa shape index (κ2) is 11.2. The van der Waals surface area contributed by atoms with Gasteiger partial charge in [0, 0.05) is 19.2 Å². The molecule has 0 radical (unpaired) electrons. The van der Waals surface area contributed by atoms with Crippen LogP contribution in [-0.4, -0.2) is 92.2 Å². The number of alkyl halides is 1. The van der Waals surface area contributed by atoms with Gasteiger partial charge in [-0.25, -0.2) is 4.39 Å². The van der Waals surface area contributed by atoms with Gasteiger partial charge in [0.25, 0.3) is 0 Å². The van der Waals surface area contributed by atoms with E-state index in [0.29, 0.717) is 23.7 Å². The van der Waals surface area contributed by atoms with Gasteiger partial charge in [-0.15, -0.1) is 0 Å². The molecule has 4 fully saturated rings. The van der Waals surface area contributed by atoms with Crippen LogP contribution in [0.15, 0.2) is 18.2 Å². The Hall–Kier alpha value is -2.36. The van der Waals surface area contributed by atoms with Crippen LogP contribution in [0.1, 0.15) is 71.8 Å². The quantitative estimate of drug-likeness (QED) is 0.571. The van der Waals surface area contributed by atoms with Crippen molar-refractivity contribution in [2.45, 2.75) is 68.7 Å². The highest BCUT2D eigenvalue weighted by Crippen LogP contribution is 2.43. The van der Waals surface area contributed by atoms with E-state index in [0.717, 1.165) is 63.7 Å². The number of amides is 2. The van der Waals surface area contributed by atoms with Gasteiger partial charge in [0.2, 0.25) is 11.8 Å². The first kappa shape index (κ1) is 26.3. The number of hydrogen-bond donors (Lipinski definition) is 1. The van der Waals surface area contributed by atoms with E-state index >= 15 is 0 Å². The second-order valence-corrected chi connectivity index (χ2v) is 11.0. The lowest BCUT2D eigenvalue weighted by Gasteiger charge is -2.34. The molecule has 2 N–H and O–H groups in total. The molecular formula is C28H38FN3O5. The normalized spacial score (nSPS) is 28.1. The third-order valence-corrected chi connectivity index (χ3v) is 8.89. The Balaban J connectivity index is 1.46. The van der Waals surface area contributed by atoms with Crippen molar-refractivity contribution in [3.8, 4) is 0 Å². The first-order valence-electron chi connectivity index (χ1n) is 13.6. The third kappa shape index (κ3) is 5.18. The van der Waals surface area contributed by atoms with Crippen molar-refractivity contribution in [2.75, 3.05) is 46.5 Å². The van der Waals surface area contributed by atoms with Gasteiger partial charge < -0.3 is 25.0 Å². The van der Waals surface area contributed by atoms with Gasteiger partial charge >= 0.3 is 0 Å². The zero-order chi connectivity index (χ0) is 26.1. The number of carbonyl (C=O) groups is 3. The molecule has 1 aliphatic carbocycles. The molecule has 4 atom stereocenters. The summed E-state index contributed by atoms with van der Waals surface area (Å²) in [5.74, 6) is -1.41. The van der Waals surface area contributed by atoms with Crippen LogP contribution >= 0.6 is 0 Å². The summed E-state index contributed by atoms with van der Waals surface area (Å²) in [5.41, 5.74) is 7.89. The van der Waals surface area contributed by atoms with Crippen LogP contribution in [0.5, 0.6) is 0 Å². The number of fused-ring (bicyclic) bond motifs is 1. The van der Waals surface area contributed by atoms with Crippen molar-refractivity contribution in [3.05, 3.63) is 34.9 Å². The fourth-order valence-electron chi connectivity index (χ4n) is 6.91. The first-order valence-corrected chi connectivity index (χ1v) is 13.6. The van der Waals surface area contributed by atoms with E-state index < -0.39 is 30.1 Å². The average molecular weight is 516 g/mol. The van der Waals surface area contributed by atoms with E-state index in [2.05, 4.69) is 4.90 Å². The predicted molar refractivity (Wildman–Crippen MR) is 135 cm³/mol. The number of methoxy groups -OCH3 is 1. The van der Waals surface area contributed by atoms with E-state index in [1.54, 1.807) is 13.2 Å². The number of piperidine rings is 1. The van der Waals surface area contributed by atoms with Crippen molar-refractivity contribution in [1.82, 2.24) is 9.80 Å². The van der Waals surface area contributed by atoms with Crippen LogP contribution in [0.25, 0.3) is 0 Å². The van der Waals surface area contributed by atoms with Gasteiger partial charge in [-0.2, -0.15) is 0 Å². The Kier molecular flexibility index (Phi) is 7.93. The van der Waals surface area contributed by atoms with Gasteiger partial charge in [-0.3, -0.25) is 14.4 Å². The van der Waals surface area contributed by atoms with Crippen LogP contribution in [-0.2, 0) is 19.1 Å². The number of rotatable bonds is 8. The molecule has 0 bridgehead atoms. The number of ketones is 1. The minimum absolute atomic E-state index is 0.0197. The molecule has 3 heterocycles. The van der Waals surface area contributed by atoms with E-state index in [1.165, 1.54) is 4.90 Å². The molecule has 0 unspecified atom stereocenters. The molecule has 5 rings (SSSR count). The molecule has 4 aliphatic rings. The Morgan fingerprint density at radius 1 is 1.19 bits per heavy atom. The number of ether oxygens (including phenoxy) is 2. The summed E-state index contributed by atoms with van der Waals surface area (Å²) >= 11 is 0. The maximum Gasteiger partial charge on any atom is 0.249 e. The minimum Gasteiger partial charge on any atom is -0.383 e. The highest BCUT2D eigenvalue weighted by molar-refractivity contribution is 5.99. The number of nitrogens with zero attached hydrogens (tertiary/aromatic N) is 2. The first-order chi connectivity index (χ1) is 17.9. The third-order valence-electron chi connectivity index (χ3n) is 8.89. The summed E-state index contributed by atoms with van der Waals surface area (Å²) in [6.45, 7) is 3.21. The van der Waals surface area contributed by atoms with Crippen molar-refractivity contribution in [2.24, 2.45) is 11.7 Å². The molecule has 0 spiro atoms. The lowest BCUT2D eigenvalue weighted by molar-refractivity contribution is -0.138. The van der Waals surface area contributed by atoms with Crippen LogP contribution in [0.4, 0.5) is 4.39 Å². The van der Waals surface area contributed by atoms with Crippen molar-refractivity contribution in [3.63, 3.8) is 0 Å². The number of halogens is 1. The van der Waals surface area contributed by atoms with E-state index in [1.807, 2.05) is 12.1 Å². The molecule has 2 amide bonds. The zero-order valence-corrected chi connectivity index (χ0v) is 21.6. The second-order valence-electron chi connectivity index (χ2n) is 11.0. The molecular weight excluding hydrogens is 477 g/mol. The van der Waals surface area contributed by atoms with Crippen LogP contribution < -0.4 is 5.73 Å². The lowest BCUT2D eigenvalue weighted by atomic mass is 9.78. The topological polar surface area (TPSA) is 102 Å². The Labute approximate surface area is 217 Å². The summed E-state index contributed by atoms with van der Waals surface area (Å²) in [7, 11) is 1.71. The zero-order valence-electron chi connectivity index (χ0n) is 21.6. The summed E-state index contributed by atoms with van der Waals surface area (Å²) in [5, 5.41) is 0. The summed E-state index contributed by atoms with van der Waals surface area (Å²) in [6, 6.07) is 4.84. The van der Waals surface area contributed by atoms with Gasteiger partial charge in [0.05, 0.1) is 19.1 Å². The molecule has 1 aromatic carbocycles. The number of hydrogen-bond acceptors (Lipinski definition) is 6. The number of likely N-dealkylation sites (tertiary alicyclic amines) is 2. The molecule has 3 saturated heterocycles. The highest BCUT2D eigenvalue weighted by Gasteiger charge is 2.54. The van der Waals surface area contributed by atoms with Gasteiger partial charge in [-0.05, 0) is 67.8 Å². The van der Waals surface area contributed by atoms with E-state index in [-0.39, 0.29) is 30.8 Å². The summed E-state index contributed by atoms with van der Waals surface area (Å²) in [6.07, 6.45) is 3.36. The standard InChI is InChI=1S/C28H38FN3O5/c1-36-13-12-31-10-8-17(9-11-31)19-6-7-20(27(30)34)21(14-19)24(18-4-2-3-5-18)28(35)32-15-22(29)26-25(32)23(33)16-37-26/h6-7,14,17-18,22,24-26H,2-5,8-13,15-16H2,1H3,(H2,30,34)/t22-,24-,25+,26+/m0/s1. The Morgan fingerprint density at radius 2 is 1.92 bits per heavy atom. The van der Waals surface area contributed by atoms with Gasteiger partial charge in [-0.1, -0.05) is 25.0 Å². The molecule has 9 heteroatoms. The molecule has 37 heavy (non-hydrogen) atoms. The summed E-state index contributed by atoms with van der Waals surface area (Å²) < 4.78 is 25.4. The summed E-state index contributed by atoms with van der Waals surface area (Å²) in [4.78, 5) is 43.0. The Bertz CT molecular complexity index is 1020. The van der Waals surface area contributed by atoms with E-state index in [4.69, 9.17) is 15.2 Å². The number of Topliss-reactive ketones (excluding diaryl/α,β-unsaturated/α-hetero) is 1. The van der Waals surface area contributed by atoms with Crippen molar-refractivity contribution in [1.29, 1.82) is 0 Å². The van der Waals surface area contributed by atoms with E-state index in [9.17, 15) is 18.8 Å². The molecule has 202 valence electrons. The van der Waals surface area contributed by atoms with Crippen LogP contribution in [0.2, 0.25) is 0 Å².